The number of aromatic nitrogens is 3. The summed E-state index contributed by atoms with van der Waals surface area (Å²) in [5.41, 5.74) is 3.14. The SMILES string of the molecule is Cc1cc(C)n2nc(C)c(C(=O)NCCC(=O)O)c2n1. The number of carbonyl (C=O) groups excluding carboxylic acids is 1. The van der Waals surface area contributed by atoms with Crippen molar-refractivity contribution in [3.05, 3.63) is 28.7 Å². The Labute approximate surface area is 115 Å². The molecule has 0 aliphatic rings. The zero-order chi connectivity index (χ0) is 14.9. The van der Waals surface area contributed by atoms with Crippen LogP contribution in [0.4, 0.5) is 0 Å². The minimum absolute atomic E-state index is 0.0791. The first-order valence-corrected chi connectivity index (χ1v) is 6.23. The predicted octanol–water partition coefficient (Wildman–Crippen LogP) is 0.859. The number of fused-ring (bicyclic) bond motifs is 1. The van der Waals surface area contributed by atoms with Gasteiger partial charge in [-0.25, -0.2) is 9.50 Å². The lowest BCUT2D eigenvalue weighted by atomic mass is 10.2. The Balaban J connectivity index is 2.36. The molecule has 2 N–H and O–H groups in total. The van der Waals surface area contributed by atoms with Crippen molar-refractivity contribution in [2.75, 3.05) is 6.54 Å². The molecule has 2 aromatic heterocycles. The van der Waals surface area contributed by atoms with E-state index >= 15 is 0 Å². The summed E-state index contributed by atoms with van der Waals surface area (Å²) in [6.07, 6.45) is -0.116. The number of aliphatic carboxylic acids is 1. The van der Waals surface area contributed by atoms with Crippen LogP contribution in [0.3, 0.4) is 0 Å². The van der Waals surface area contributed by atoms with Crippen LogP contribution in [0.15, 0.2) is 6.07 Å². The summed E-state index contributed by atoms with van der Waals surface area (Å²) in [7, 11) is 0. The molecule has 0 saturated carbocycles. The van der Waals surface area contributed by atoms with Crippen LogP contribution in [-0.2, 0) is 4.79 Å². The van der Waals surface area contributed by atoms with Crippen LogP contribution in [0.2, 0.25) is 0 Å². The van der Waals surface area contributed by atoms with Crippen LogP contribution in [0.1, 0.15) is 33.9 Å². The van der Waals surface area contributed by atoms with Crippen molar-refractivity contribution in [3.8, 4) is 0 Å². The minimum atomic E-state index is -0.952. The molecular formula is C13H16N4O3. The summed E-state index contributed by atoms with van der Waals surface area (Å²) in [6.45, 7) is 5.55. The van der Waals surface area contributed by atoms with E-state index in [9.17, 15) is 9.59 Å². The molecule has 2 heterocycles. The first kappa shape index (κ1) is 14.0. The number of nitrogens with one attached hydrogen (secondary N) is 1. The van der Waals surface area contributed by atoms with E-state index in [2.05, 4.69) is 15.4 Å². The first-order chi connectivity index (χ1) is 9.40. The summed E-state index contributed by atoms with van der Waals surface area (Å²) >= 11 is 0. The number of amides is 1. The lowest BCUT2D eigenvalue weighted by Gasteiger charge is -2.04. The Morgan fingerprint density at radius 1 is 1.35 bits per heavy atom. The average molecular weight is 276 g/mol. The molecule has 2 rings (SSSR count). The van der Waals surface area contributed by atoms with Crippen molar-refractivity contribution < 1.29 is 14.7 Å². The summed E-state index contributed by atoms with van der Waals surface area (Å²) in [4.78, 5) is 26.9. The Bertz CT molecular complexity index is 690. The van der Waals surface area contributed by atoms with Gasteiger partial charge in [-0.2, -0.15) is 5.10 Å². The molecule has 0 spiro atoms. The zero-order valence-corrected chi connectivity index (χ0v) is 11.6. The fourth-order valence-corrected chi connectivity index (χ4v) is 2.06. The first-order valence-electron chi connectivity index (χ1n) is 6.23. The van der Waals surface area contributed by atoms with E-state index in [-0.39, 0.29) is 18.9 Å². The average Bonchev–Trinajstić information content (AvgIpc) is 2.65. The maximum atomic E-state index is 12.1. The van der Waals surface area contributed by atoms with Crippen LogP contribution in [-0.4, -0.2) is 38.1 Å². The number of hydrogen-bond acceptors (Lipinski definition) is 4. The normalized spacial score (nSPS) is 10.8. The molecule has 106 valence electrons. The van der Waals surface area contributed by atoms with Crippen molar-refractivity contribution in [3.63, 3.8) is 0 Å². The van der Waals surface area contributed by atoms with E-state index in [0.29, 0.717) is 16.9 Å². The zero-order valence-electron chi connectivity index (χ0n) is 11.6. The molecule has 0 unspecified atom stereocenters. The molecule has 0 aliphatic carbocycles. The Morgan fingerprint density at radius 2 is 2.05 bits per heavy atom. The van der Waals surface area contributed by atoms with Gasteiger partial charge in [0, 0.05) is 17.9 Å². The second-order valence-electron chi connectivity index (χ2n) is 4.63. The second-order valence-corrected chi connectivity index (χ2v) is 4.63. The van der Waals surface area contributed by atoms with Gasteiger partial charge >= 0.3 is 5.97 Å². The number of carboxylic acid groups (broad SMARTS) is 1. The second kappa shape index (κ2) is 5.28. The number of aryl methyl sites for hydroxylation is 3. The van der Waals surface area contributed by atoms with Gasteiger partial charge in [0.15, 0.2) is 5.65 Å². The van der Waals surface area contributed by atoms with E-state index in [1.54, 1.807) is 11.4 Å². The molecule has 0 aliphatic heterocycles. The third-order valence-electron chi connectivity index (χ3n) is 2.92. The quantitative estimate of drug-likeness (QED) is 0.863. The topological polar surface area (TPSA) is 96.6 Å². The molecular weight excluding hydrogens is 260 g/mol. The highest BCUT2D eigenvalue weighted by Crippen LogP contribution is 2.15. The Hall–Kier alpha value is -2.44. The molecule has 0 atom stereocenters. The molecule has 2 aromatic rings. The van der Waals surface area contributed by atoms with Crippen LogP contribution < -0.4 is 5.32 Å². The maximum Gasteiger partial charge on any atom is 0.305 e. The molecule has 7 heteroatoms. The maximum absolute atomic E-state index is 12.1. The van der Waals surface area contributed by atoms with Crippen LogP contribution >= 0.6 is 0 Å². The number of nitrogens with zero attached hydrogens (tertiary/aromatic N) is 3. The van der Waals surface area contributed by atoms with Crippen LogP contribution in [0.5, 0.6) is 0 Å². The van der Waals surface area contributed by atoms with Crippen molar-refractivity contribution in [2.45, 2.75) is 27.2 Å². The molecule has 0 saturated heterocycles. The van der Waals surface area contributed by atoms with Gasteiger partial charge in [-0.15, -0.1) is 0 Å². The van der Waals surface area contributed by atoms with E-state index in [1.807, 2.05) is 19.9 Å². The van der Waals surface area contributed by atoms with Gasteiger partial charge < -0.3 is 10.4 Å². The lowest BCUT2D eigenvalue weighted by Crippen LogP contribution is -2.26. The van der Waals surface area contributed by atoms with Gasteiger partial charge in [0.25, 0.3) is 5.91 Å². The third kappa shape index (κ3) is 2.61. The van der Waals surface area contributed by atoms with Gasteiger partial charge in [-0.1, -0.05) is 0 Å². The molecule has 0 fully saturated rings. The van der Waals surface area contributed by atoms with Gasteiger partial charge in [-0.05, 0) is 26.8 Å². The van der Waals surface area contributed by atoms with E-state index in [1.165, 1.54) is 0 Å². The third-order valence-corrected chi connectivity index (χ3v) is 2.92. The molecule has 7 nitrogen and oxygen atoms in total. The lowest BCUT2D eigenvalue weighted by molar-refractivity contribution is -0.136. The molecule has 0 radical (unpaired) electrons. The summed E-state index contributed by atoms with van der Waals surface area (Å²) < 4.78 is 1.62. The fourth-order valence-electron chi connectivity index (χ4n) is 2.06. The van der Waals surface area contributed by atoms with E-state index in [0.717, 1.165) is 11.4 Å². The highest BCUT2D eigenvalue weighted by Gasteiger charge is 2.19. The van der Waals surface area contributed by atoms with Crippen molar-refractivity contribution in [1.29, 1.82) is 0 Å². The minimum Gasteiger partial charge on any atom is -0.481 e. The number of carbonyl (C=O) groups is 2. The highest BCUT2D eigenvalue weighted by molar-refractivity contribution is 6.01. The molecule has 0 aromatic carbocycles. The highest BCUT2D eigenvalue weighted by atomic mass is 16.4. The fraction of sp³-hybridized carbons (Fsp3) is 0.385. The standard InChI is InChI=1S/C13H16N4O3/c1-7-6-8(2)17-12(15-7)11(9(3)16-17)13(20)14-5-4-10(18)19/h6H,4-5H2,1-3H3,(H,14,20)(H,18,19). The predicted molar refractivity (Wildman–Crippen MR) is 71.8 cm³/mol. The van der Waals surface area contributed by atoms with E-state index in [4.69, 9.17) is 5.11 Å². The van der Waals surface area contributed by atoms with Crippen molar-refractivity contribution in [1.82, 2.24) is 19.9 Å². The van der Waals surface area contributed by atoms with Crippen LogP contribution in [0, 0.1) is 20.8 Å². The summed E-state index contributed by atoms with van der Waals surface area (Å²) in [5, 5.41) is 15.4. The largest absolute Gasteiger partial charge is 0.481 e. The van der Waals surface area contributed by atoms with Gasteiger partial charge in [-0.3, -0.25) is 9.59 Å². The Kier molecular flexibility index (Phi) is 3.69. The van der Waals surface area contributed by atoms with E-state index < -0.39 is 5.97 Å². The number of hydrogen-bond donors (Lipinski definition) is 2. The number of rotatable bonds is 4. The molecule has 1 amide bonds. The van der Waals surface area contributed by atoms with Crippen LogP contribution in [0.25, 0.3) is 5.65 Å². The summed E-state index contributed by atoms with van der Waals surface area (Å²) in [6, 6.07) is 1.88. The summed E-state index contributed by atoms with van der Waals surface area (Å²) in [5.74, 6) is -1.30. The number of carboxylic acids is 1. The van der Waals surface area contributed by atoms with Gasteiger partial charge in [0.1, 0.15) is 5.56 Å². The Morgan fingerprint density at radius 3 is 2.70 bits per heavy atom. The molecule has 0 bridgehead atoms. The van der Waals surface area contributed by atoms with Gasteiger partial charge in [0.05, 0.1) is 12.1 Å². The molecule has 20 heavy (non-hydrogen) atoms. The smallest absolute Gasteiger partial charge is 0.305 e. The van der Waals surface area contributed by atoms with Crippen molar-refractivity contribution >= 4 is 17.5 Å². The van der Waals surface area contributed by atoms with Crippen molar-refractivity contribution in [2.24, 2.45) is 0 Å². The van der Waals surface area contributed by atoms with Gasteiger partial charge in [0.2, 0.25) is 0 Å². The monoisotopic (exact) mass is 276 g/mol.